The second kappa shape index (κ2) is 3.73. The lowest BCUT2D eigenvalue weighted by atomic mass is 10.1. The maximum Gasteiger partial charge on any atom is 0.0702 e. The summed E-state index contributed by atoms with van der Waals surface area (Å²) in [6.07, 6.45) is 5.34. The topological polar surface area (TPSA) is 43.6 Å². The van der Waals surface area contributed by atoms with Crippen LogP contribution in [0.2, 0.25) is 0 Å². The largest absolute Gasteiger partial charge is 0.256 e. The molecule has 0 N–H and O–H groups in total. The Hall–Kier alpha value is -2.23. The Labute approximate surface area is 92.6 Å². The van der Waals surface area contributed by atoms with Crippen LogP contribution in [0, 0.1) is 0 Å². The van der Waals surface area contributed by atoms with Gasteiger partial charge in [0.15, 0.2) is 0 Å². The van der Waals surface area contributed by atoms with E-state index in [2.05, 4.69) is 33.5 Å². The van der Waals surface area contributed by atoms with Gasteiger partial charge in [0.1, 0.15) is 0 Å². The van der Waals surface area contributed by atoms with Crippen LogP contribution >= 0.6 is 0 Å². The normalized spacial score (nSPS) is 10.8. The number of hydrogen-bond acceptors (Lipinski definition) is 3. The van der Waals surface area contributed by atoms with Crippen molar-refractivity contribution >= 4 is 10.9 Å². The van der Waals surface area contributed by atoms with Gasteiger partial charge in [0.25, 0.3) is 0 Å². The minimum atomic E-state index is 0.741. The molecular formula is C12H10N4. The van der Waals surface area contributed by atoms with Crippen molar-refractivity contribution < 1.29 is 0 Å². The highest BCUT2D eigenvalue weighted by Crippen LogP contribution is 2.13. The van der Waals surface area contributed by atoms with Gasteiger partial charge in [-0.05, 0) is 23.8 Å². The lowest BCUT2D eigenvalue weighted by Gasteiger charge is -2.02. The molecule has 2 aromatic heterocycles. The van der Waals surface area contributed by atoms with Crippen LogP contribution < -0.4 is 0 Å². The smallest absolute Gasteiger partial charge is 0.0702 e. The third-order valence-corrected chi connectivity index (χ3v) is 2.48. The molecule has 4 heteroatoms. The molecule has 3 rings (SSSR count). The highest BCUT2D eigenvalue weighted by molar-refractivity contribution is 5.78. The number of nitrogens with zero attached hydrogens (tertiary/aromatic N) is 4. The summed E-state index contributed by atoms with van der Waals surface area (Å²) in [5.74, 6) is 0. The molecule has 0 saturated carbocycles. The van der Waals surface area contributed by atoms with Crippen molar-refractivity contribution in [1.82, 2.24) is 20.0 Å². The van der Waals surface area contributed by atoms with Crippen LogP contribution in [0.5, 0.6) is 0 Å². The molecule has 16 heavy (non-hydrogen) atoms. The first kappa shape index (κ1) is 9.03. The Morgan fingerprint density at radius 1 is 1.12 bits per heavy atom. The monoisotopic (exact) mass is 210 g/mol. The van der Waals surface area contributed by atoms with Crippen molar-refractivity contribution in [3.63, 3.8) is 0 Å². The van der Waals surface area contributed by atoms with Crippen molar-refractivity contribution in [2.24, 2.45) is 0 Å². The fourth-order valence-electron chi connectivity index (χ4n) is 1.73. The SMILES string of the molecule is c1cnc2ccc(Cn3ccnn3)cc2c1. The van der Waals surface area contributed by atoms with Crippen LogP contribution in [0.25, 0.3) is 10.9 Å². The summed E-state index contributed by atoms with van der Waals surface area (Å²) in [5.41, 5.74) is 2.22. The van der Waals surface area contributed by atoms with Gasteiger partial charge < -0.3 is 0 Å². The van der Waals surface area contributed by atoms with E-state index in [1.54, 1.807) is 17.1 Å². The first-order valence-electron chi connectivity index (χ1n) is 5.09. The van der Waals surface area contributed by atoms with E-state index in [-0.39, 0.29) is 0 Å². The van der Waals surface area contributed by atoms with Crippen LogP contribution in [0.3, 0.4) is 0 Å². The molecule has 0 atom stereocenters. The third kappa shape index (κ3) is 1.65. The molecule has 1 aromatic carbocycles. The molecule has 0 radical (unpaired) electrons. The quantitative estimate of drug-likeness (QED) is 0.648. The summed E-state index contributed by atoms with van der Waals surface area (Å²) in [7, 11) is 0. The van der Waals surface area contributed by atoms with Gasteiger partial charge in [-0.2, -0.15) is 0 Å². The zero-order valence-electron chi connectivity index (χ0n) is 8.61. The van der Waals surface area contributed by atoms with E-state index in [4.69, 9.17) is 0 Å². The Bertz CT molecular complexity index is 601. The molecule has 0 bridgehead atoms. The number of pyridine rings is 1. The Balaban J connectivity index is 1.99. The van der Waals surface area contributed by atoms with Crippen molar-refractivity contribution in [3.05, 3.63) is 54.5 Å². The molecule has 0 aliphatic heterocycles. The van der Waals surface area contributed by atoms with Gasteiger partial charge in [-0.25, -0.2) is 4.68 Å². The minimum absolute atomic E-state index is 0.741. The number of fused-ring (bicyclic) bond motifs is 1. The molecule has 0 amide bonds. The van der Waals surface area contributed by atoms with E-state index >= 15 is 0 Å². The zero-order valence-corrected chi connectivity index (χ0v) is 8.61. The average molecular weight is 210 g/mol. The summed E-state index contributed by atoms with van der Waals surface area (Å²) in [6.45, 7) is 0.741. The number of benzene rings is 1. The molecule has 78 valence electrons. The fraction of sp³-hybridized carbons (Fsp3) is 0.0833. The van der Waals surface area contributed by atoms with Crippen LogP contribution in [-0.4, -0.2) is 20.0 Å². The highest BCUT2D eigenvalue weighted by Gasteiger charge is 1.98. The van der Waals surface area contributed by atoms with Crippen molar-refractivity contribution in [1.29, 1.82) is 0 Å². The second-order valence-electron chi connectivity index (χ2n) is 3.63. The Morgan fingerprint density at radius 2 is 2.12 bits per heavy atom. The van der Waals surface area contributed by atoms with Gasteiger partial charge in [0.05, 0.1) is 18.3 Å². The van der Waals surface area contributed by atoms with E-state index in [0.29, 0.717) is 0 Å². The molecule has 3 aromatic rings. The van der Waals surface area contributed by atoms with Crippen LogP contribution in [0.4, 0.5) is 0 Å². The van der Waals surface area contributed by atoms with Gasteiger partial charge in [-0.15, -0.1) is 5.10 Å². The molecule has 0 fully saturated rings. The first-order chi connectivity index (χ1) is 7.92. The lowest BCUT2D eigenvalue weighted by Crippen LogP contribution is -2.00. The van der Waals surface area contributed by atoms with E-state index in [1.165, 1.54) is 5.56 Å². The third-order valence-electron chi connectivity index (χ3n) is 2.48. The van der Waals surface area contributed by atoms with E-state index < -0.39 is 0 Å². The van der Waals surface area contributed by atoms with Gasteiger partial charge >= 0.3 is 0 Å². The maximum absolute atomic E-state index is 4.28. The molecule has 0 aliphatic rings. The second-order valence-corrected chi connectivity index (χ2v) is 3.63. The average Bonchev–Trinajstić information content (AvgIpc) is 2.82. The summed E-state index contributed by atoms with van der Waals surface area (Å²) in [5, 5.41) is 8.88. The van der Waals surface area contributed by atoms with Crippen molar-refractivity contribution in [2.75, 3.05) is 0 Å². The number of hydrogen-bond donors (Lipinski definition) is 0. The molecule has 0 unspecified atom stereocenters. The van der Waals surface area contributed by atoms with Gasteiger partial charge in [0.2, 0.25) is 0 Å². The Kier molecular flexibility index (Phi) is 2.11. The van der Waals surface area contributed by atoms with Gasteiger partial charge in [-0.1, -0.05) is 17.3 Å². The van der Waals surface area contributed by atoms with E-state index in [1.807, 2.05) is 18.3 Å². The van der Waals surface area contributed by atoms with Crippen molar-refractivity contribution in [3.8, 4) is 0 Å². The summed E-state index contributed by atoms with van der Waals surface area (Å²) < 4.78 is 1.80. The minimum Gasteiger partial charge on any atom is -0.256 e. The number of aromatic nitrogens is 4. The fourth-order valence-corrected chi connectivity index (χ4v) is 1.73. The highest BCUT2D eigenvalue weighted by atomic mass is 15.4. The van der Waals surface area contributed by atoms with Gasteiger partial charge in [-0.3, -0.25) is 4.98 Å². The van der Waals surface area contributed by atoms with Crippen LogP contribution in [0.1, 0.15) is 5.56 Å². The van der Waals surface area contributed by atoms with Crippen molar-refractivity contribution in [2.45, 2.75) is 6.54 Å². The predicted molar refractivity (Wildman–Crippen MR) is 60.9 cm³/mol. The molecule has 0 saturated heterocycles. The molecule has 4 nitrogen and oxygen atoms in total. The maximum atomic E-state index is 4.28. The van der Waals surface area contributed by atoms with Gasteiger partial charge in [0, 0.05) is 17.8 Å². The number of rotatable bonds is 2. The molecular weight excluding hydrogens is 200 g/mol. The summed E-state index contributed by atoms with van der Waals surface area (Å²) in [4.78, 5) is 4.28. The lowest BCUT2D eigenvalue weighted by molar-refractivity contribution is 0.650. The predicted octanol–water partition coefficient (Wildman–Crippen LogP) is 1.87. The standard InChI is InChI=1S/C12H10N4/c1-2-11-8-10(3-4-12(11)13-5-1)9-16-7-6-14-15-16/h1-8H,9H2. The van der Waals surface area contributed by atoms with E-state index in [0.717, 1.165) is 17.4 Å². The zero-order chi connectivity index (χ0) is 10.8. The molecule has 2 heterocycles. The van der Waals surface area contributed by atoms with Crippen LogP contribution in [-0.2, 0) is 6.54 Å². The summed E-state index contributed by atoms with van der Waals surface area (Å²) in [6, 6.07) is 10.2. The molecule has 0 aliphatic carbocycles. The molecule has 0 spiro atoms. The Morgan fingerprint density at radius 3 is 3.00 bits per heavy atom. The van der Waals surface area contributed by atoms with E-state index in [9.17, 15) is 0 Å². The summed E-state index contributed by atoms with van der Waals surface area (Å²) >= 11 is 0. The van der Waals surface area contributed by atoms with Crippen LogP contribution in [0.15, 0.2) is 48.9 Å². The first-order valence-corrected chi connectivity index (χ1v) is 5.09.